The quantitative estimate of drug-likeness (QED) is 0.768. The summed E-state index contributed by atoms with van der Waals surface area (Å²) in [6.07, 6.45) is 1.02. The lowest BCUT2D eigenvalue weighted by molar-refractivity contribution is 1.15. The fraction of sp³-hybridized carbons (Fsp3) is 0.364. The zero-order valence-electron chi connectivity index (χ0n) is 8.76. The molecule has 76 valence electrons. The number of benzene rings is 1. The molecule has 0 unspecified atom stereocenters. The van der Waals surface area contributed by atoms with Crippen LogP contribution in [0.1, 0.15) is 26.3 Å². The first-order valence-electron chi connectivity index (χ1n) is 4.91. The van der Waals surface area contributed by atoms with E-state index < -0.39 is 0 Å². The van der Waals surface area contributed by atoms with E-state index in [0.29, 0.717) is 0 Å². The fourth-order valence-corrected chi connectivity index (χ4v) is 2.01. The van der Waals surface area contributed by atoms with Gasteiger partial charge in [-0.25, -0.2) is 0 Å². The molecule has 1 heterocycles. The minimum absolute atomic E-state index is 0.0262. The molecule has 1 aromatic carbocycles. The van der Waals surface area contributed by atoms with Gasteiger partial charge in [-0.1, -0.05) is 38.2 Å². The Morgan fingerprint density at radius 1 is 1.36 bits per heavy atom. The van der Waals surface area contributed by atoms with E-state index in [1.807, 2.05) is 26.0 Å². The molecule has 0 aliphatic rings. The minimum Gasteiger partial charge on any atom is -0.312 e. The molecule has 0 saturated carbocycles. The van der Waals surface area contributed by atoms with Crippen LogP contribution >= 0.6 is 11.3 Å². The second-order valence-corrected chi connectivity index (χ2v) is 3.71. The third kappa shape index (κ3) is 2.23. The average molecular weight is 209 g/mol. The van der Waals surface area contributed by atoms with Crippen molar-refractivity contribution in [3.05, 3.63) is 33.4 Å². The maximum atomic E-state index is 11.0. The van der Waals surface area contributed by atoms with Crippen molar-refractivity contribution in [2.75, 3.05) is 0 Å². The number of aryl methyl sites for hydroxylation is 1. The van der Waals surface area contributed by atoms with Crippen molar-refractivity contribution >= 4 is 21.6 Å². The summed E-state index contributed by atoms with van der Waals surface area (Å²) in [5.41, 5.74) is 2.22. The predicted octanol–water partition coefficient (Wildman–Crippen LogP) is 3.18. The standard InChI is InChI=1S/C9H9NOS.C2H6/c1-2-6-3-4-7-8(5-6)12-9(11)10-7;1-2/h3-5H,2H2,1H3,(H,10,11);1-2H3. The Bertz CT molecular complexity index is 456. The van der Waals surface area contributed by atoms with Crippen molar-refractivity contribution in [3.8, 4) is 0 Å². The molecule has 0 atom stereocenters. The van der Waals surface area contributed by atoms with E-state index in [1.165, 1.54) is 16.9 Å². The van der Waals surface area contributed by atoms with Gasteiger partial charge in [-0.3, -0.25) is 4.79 Å². The number of rotatable bonds is 1. The molecule has 2 rings (SSSR count). The zero-order chi connectivity index (χ0) is 10.6. The van der Waals surface area contributed by atoms with Crippen molar-refractivity contribution in [2.24, 2.45) is 0 Å². The molecular weight excluding hydrogens is 194 g/mol. The Morgan fingerprint density at radius 2 is 2.07 bits per heavy atom. The molecule has 2 nitrogen and oxygen atoms in total. The Hall–Kier alpha value is -1.09. The number of aromatic amines is 1. The Kier molecular flexibility index (Phi) is 3.89. The highest BCUT2D eigenvalue weighted by Crippen LogP contribution is 2.16. The third-order valence-electron chi connectivity index (χ3n) is 1.89. The lowest BCUT2D eigenvalue weighted by atomic mass is 10.2. The molecule has 2 aromatic rings. The molecule has 1 N–H and O–H groups in total. The molecule has 0 radical (unpaired) electrons. The van der Waals surface area contributed by atoms with Gasteiger partial charge in [0, 0.05) is 0 Å². The summed E-state index contributed by atoms with van der Waals surface area (Å²) in [6.45, 7) is 6.11. The van der Waals surface area contributed by atoms with Gasteiger partial charge >= 0.3 is 4.87 Å². The summed E-state index contributed by atoms with van der Waals surface area (Å²) in [6, 6.07) is 6.08. The van der Waals surface area contributed by atoms with Crippen LogP contribution in [0.15, 0.2) is 23.0 Å². The van der Waals surface area contributed by atoms with Crippen LogP contribution in [0.25, 0.3) is 10.2 Å². The highest BCUT2D eigenvalue weighted by Gasteiger charge is 1.98. The summed E-state index contributed by atoms with van der Waals surface area (Å²) in [5.74, 6) is 0. The van der Waals surface area contributed by atoms with Gasteiger partial charge in [-0.2, -0.15) is 0 Å². The average Bonchev–Trinajstić information content (AvgIpc) is 2.59. The maximum Gasteiger partial charge on any atom is 0.305 e. The van der Waals surface area contributed by atoms with Crippen LogP contribution in [-0.2, 0) is 6.42 Å². The summed E-state index contributed by atoms with van der Waals surface area (Å²) in [7, 11) is 0. The number of hydrogen-bond donors (Lipinski definition) is 1. The smallest absolute Gasteiger partial charge is 0.305 e. The molecule has 0 aliphatic carbocycles. The van der Waals surface area contributed by atoms with Crippen LogP contribution in [0.4, 0.5) is 0 Å². The van der Waals surface area contributed by atoms with Crippen molar-refractivity contribution < 1.29 is 0 Å². The molecule has 0 aliphatic heterocycles. The van der Waals surface area contributed by atoms with Crippen LogP contribution in [-0.4, -0.2) is 4.98 Å². The normalized spacial score (nSPS) is 9.64. The van der Waals surface area contributed by atoms with E-state index in [-0.39, 0.29) is 4.87 Å². The molecule has 0 fully saturated rings. The molecule has 14 heavy (non-hydrogen) atoms. The summed E-state index contributed by atoms with van der Waals surface area (Å²) in [4.78, 5) is 13.8. The zero-order valence-corrected chi connectivity index (χ0v) is 9.57. The van der Waals surface area contributed by atoms with Crippen molar-refractivity contribution in [3.63, 3.8) is 0 Å². The maximum absolute atomic E-state index is 11.0. The molecule has 0 spiro atoms. The molecule has 3 heteroatoms. The minimum atomic E-state index is 0.0262. The van der Waals surface area contributed by atoms with E-state index in [2.05, 4.69) is 18.0 Å². The molecule has 1 aromatic heterocycles. The second kappa shape index (κ2) is 4.96. The van der Waals surface area contributed by atoms with Gasteiger partial charge in [0.2, 0.25) is 0 Å². The number of aromatic nitrogens is 1. The van der Waals surface area contributed by atoms with Crippen LogP contribution < -0.4 is 4.87 Å². The van der Waals surface area contributed by atoms with Crippen molar-refractivity contribution in [1.29, 1.82) is 0 Å². The summed E-state index contributed by atoms with van der Waals surface area (Å²) in [5, 5.41) is 0. The molecular formula is C11H15NOS. The lowest BCUT2D eigenvalue weighted by Crippen LogP contribution is -1.89. The fourth-order valence-electron chi connectivity index (χ4n) is 1.21. The number of hydrogen-bond acceptors (Lipinski definition) is 2. The Morgan fingerprint density at radius 3 is 2.71 bits per heavy atom. The van der Waals surface area contributed by atoms with Crippen LogP contribution in [0.2, 0.25) is 0 Å². The summed E-state index contributed by atoms with van der Waals surface area (Å²) < 4.78 is 1.05. The number of nitrogens with one attached hydrogen (secondary N) is 1. The topological polar surface area (TPSA) is 32.9 Å². The van der Waals surface area contributed by atoms with E-state index in [1.54, 1.807) is 0 Å². The highest BCUT2D eigenvalue weighted by atomic mass is 32.1. The molecule has 0 amide bonds. The predicted molar refractivity (Wildman–Crippen MR) is 63.2 cm³/mol. The van der Waals surface area contributed by atoms with Gasteiger partial charge in [0.15, 0.2) is 0 Å². The van der Waals surface area contributed by atoms with Gasteiger partial charge in [0.25, 0.3) is 0 Å². The van der Waals surface area contributed by atoms with Crippen LogP contribution in [0.3, 0.4) is 0 Å². The third-order valence-corrected chi connectivity index (χ3v) is 2.74. The monoisotopic (exact) mass is 209 g/mol. The SMILES string of the molecule is CC.CCc1ccc2[nH]c(=O)sc2c1. The largest absolute Gasteiger partial charge is 0.312 e. The first-order valence-corrected chi connectivity index (χ1v) is 5.73. The Balaban J connectivity index is 0.000000461. The van der Waals surface area contributed by atoms with Gasteiger partial charge in [-0.05, 0) is 24.1 Å². The molecule has 0 bridgehead atoms. The van der Waals surface area contributed by atoms with E-state index in [4.69, 9.17) is 0 Å². The lowest BCUT2D eigenvalue weighted by Gasteiger charge is -1.93. The van der Waals surface area contributed by atoms with Crippen LogP contribution in [0, 0.1) is 0 Å². The first-order chi connectivity index (χ1) is 6.79. The van der Waals surface area contributed by atoms with Crippen molar-refractivity contribution in [1.82, 2.24) is 4.98 Å². The summed E-state index contributed by atoms with van der Waals surface area (Å²) >= 11 is 1.27. The van der Waals surface area contributed by atoms with Crippen LogP contribution in [0.5, 0.6) is 0 Å². The highest BCUT2D eigenvalue weighted by molar-refractivity contribution is 7.16. The van der Waals surface area contributed by atoms with E-state index >= 15 is 0 Å². The first kappa shape index (κ1) is 11.0. The van der Waals surface area contributed by atoms with Gasteiger partial charge < -0.3 is 4.98 Å². The Labute approximate surface area is 87.6 Å². The van der Waals surface area contributed by atoms with Gasteiger partial charge in [0.05, 0.1) is 10.2 Å². The number of fused-ring (bicyclic) bond motifs is 1. The number of thiazole rings is 1. The van der Waals surface area contributed by atoms with Gasteiger partial charge in [-0.15, -0.1) is 0 Å². The van der Waals surface area contributed by atoms with Crippen molar-refractivity contribution in [2.45, 2.75) is 27.2 Å². The molecule has 0 saturated heterocycles. The number of H-pyrrole nitrogens is 1. The van der Waals surface area contributed by atoms with E-state index in [0.717, 1.165) is 16.6 Å². The second-order valence-electron chi connectivity index (χ2n) is 2.70. The van der Waals surface area contributed by atoms with E-state index in [9.17, 15) is 4.79 Å². The van der Waals surface area contributed by atoms with Gasteiger partial charge in [0.1, 0.15) is 0 Å².